The minimum atomic E-state index is 0.616. The van der Waals surface area contributed by atoms with E-state index < -0.39 is 0 Å². The highest BCUT2D eigenvalue weighted by atomic mass is 32.1. The van der Waals surface area contributed by atoms with E-state index in [0.29, 0.717) is 6.04 Å². The lowest BCUT2D eigenvalue weighted by Gasteiger charge is -2.16. The third kappa shape index (κ3) is 3.62. The van der Waals surface area contributed by atoms with Gasteiger partial charge in [-0.1, -0.05) is 30.3 Å². The van der Waals surface area contributed by atoms with E-state index in [1.807, 2.05) is 11.7 Å². The molecule has 1 saturated heterocycles. The average molecular weight is 273 g/mol. The molecule has 1 aromatic carbocycles. The largest absolute Gasteiger partial charge is 0.308 e. The number of rotatable bonds is 5. The summed E-state index contributed by atoms with van der Waals surface area (Å²) in [6, 6.07) is 11.3. The van der Waals surface area contributed by atoms with Gasteiger partial charge < -0.3 is 5.32 Å². The lowest BCUT2D eigenvalue weighted by Crippen LogP contribution is -2.31. The molecule has 19 heavy (non-hydrogen) atoms. The maximum atomic E-state index is 4.11. The summed E-state index contributed by atoms with van der Waals surface area (Å²) >= 11 is 1.72. The smallest absolute Gasteiger partial charge is 0.0794 e. The van der Waals surface area contributed by atoms with Crippen LogP contribution in [0.3, 0.4) is 0 Å². The summed E-state index contributed by atoms with van der Waals surface area (Å²) < 4.78 is 0. The van der Waals surface area contributed by atoms with Crippen LogP contribution in [0.2, 0.25) is 0 Å². The van der Waals surface area contributed by atoms with Crippen molar-refractivity contribution in [1.29, 1.82) is 0 Å². The monoisotopic (exact) mass is 273 g/mol. The molecule has 0 saturated carbocycles. The van der Waals surface area contributed by atoms with Gasteiger partial charge >= 0.3 is 0 Å². The van der Waals surface area contributed by atoms with Crippen molar-refractivity contribution in [2.75, 3.05) is 13.1 Å². The number of aromatic nitrogens is 1. The lowest BCUT2D eigenvalue weighted by atomic mass is 10.2. The summed E-state index contributed by atoms with van der Waals surface area (Å²) in [6.45, 7) is 4.36. The molecule has 1 aliphatic heterocycles. The quantitative estimate of drug-likeness (QED) is 0.907. The number of nitrogens with zero attached hydrogens (tertiary/aromatic N) is 2. The second-order valence-corrected chi connectivity index (χ2v) is 6.03. The molecule has 2 heterocycles. The highest BCUT2D eigenvalue weighted by molar-refractivity contribution is 7.09. The SMILES string of the molecule is c1ccc(CN2CCC(NCc3cncs3)C2)cc1. The van der Waals surface area contributed by atoms with E-state index in [1.165, 1.54) is 23.4 Å². The van der Waals surface area contributed by atoms with Crippen molar-refractivity contribution >= 4 is 11.3 Å². The first-order chi connectivity index (χ1) is 9.40. The van der Waals surface area contributed by atoms with Crippen molar-refractivity contribution in [2.45, 2.75) is 25.6 Å². The van der Waals surface area contributed by atoms with Crippen LogP contribution in [0.1, 0.15) is 16.9 Å². The maximum Gasteiger partial charge on any atom is 0.0794 e. The molecule has 0 amide bonds. The van der Waals surface area contributed by atoms with Crippen molar-refractivity contribution in [3.8, 4) is 0 Å². The van der Waals surface area contributed by atoms with Crippen molar-refractivity contribution in [2.24, 2.45) is 0 Å². The number of nitrogens with one attached hydrogen (secondary N) is 1. The predicted octanol–water partition coefficient (Wildman–Crippen LogP) is 2.51. The molecule has 1 atom stereocenters. The van der Waals surface area contributed by atoms with Crippen LogP contribution in [-0.4, -0.2) is 29.0 Å². The van der Waals surface area contributed by atoms with E-state index in [0.717, 1.165) is 19.6 Å². The van der Waals surface area contributed by atoms with Gasteiger partial charge in [-0.3, -0.25) is 9.88 Å². The molecule has 0 aliphatic carbocycles. The number of benzene rings is 1. The first-order valence-electron chi connectivity index (χ1n) is 6.77. The van der Waals surface area contributed by atoms with Crippen LogP contribution >= 0.6 is 11.3 Å². The highest BCUT2D eigenvalue weighted by Crippen LogP contribution is 2.14. The number of hydrogen-bond donors (Lipinski definition) is 1. The number of hydrogen-bond acceptors (Lipinski definition) is 4. The van der Waals surface area contributed by atoms with Crippen LogP contribution in [0, 0.1) is 0 Å². The molecule has 1 N–H and O–H groups in total. The van der Waals surface area contributed by atoms with Crippen LogP contribution in [-0.2, 0) is 13.1 Å². The summed E-state index contributed by atoms with van der Waals surface area (Å²) in [6.07, 6.45) is 3.19. The molecule has 1 aromatic heterocycles. The summed E-state index contributed by atoms with van der Waals surface area (Å²) in [5.41, 5.74) is 3.30. The molecule has 100 valence electrons. The molecule has 3 rings (SSSR count). The normalized spacial score (nSPS) is 19.9. The minimum Gasteiger partial charge on any atom is -0.308 e. The van der Waals surface area contributed by atoms with Gasteiger partial charge in [0.15, 0.2) is 0 Å². The Morgan fingerprint density at radius 2 is 2.21 bits per heavy atom. The van der Waals surface area contributed by atoms with Crippen molar-refractivity contribution < 1.29 is 0 Å². The zero-order valence-corrected chi connectivity index (χ0v) is 11.8. The van der Waals surface area contributed by atoms with E-state index >= 15 is 0 Å². The Bertz CT molecular complexity index is 483. The van der Waals surface area contributed by atoms with E-state index in [9.17, 15) is 0 Å². The van der Waals surface area contributed by atoms with Gasteiger partial charge in [0.2, 0.25) is 0 Å². The highest BCUT2D eigenvalue weighted by Gasteiger charge is 2.21. The van der Waals surface area contributed by atoms with E-state index in [1.54, 1.807) is 11.3 Å². The molecular formula is C15H19N3S. The van der Waals surface area contributed by atoms with Crippen LogP contribution in [0.5, 0.6) is 0 Å². The third-order valence-electron chi connectivity index (χ3n) is 3.57. The van der Waals surface area contributed by atoms with Crippen molar-refractivity contribution in [3.05, 3.63) is 52.5 Å². The molecule has 1 unspecified atom stereocenters. The number of thiazole rings is 1. The summed E-state index contributed by atoms with van der Waals surface area (Å²) in [5, 5.41) is 3.63. The second kappa shape index (κ2) is 6.28. The molecule has 0 bridgehead atoms. The molecule has 1 fully saturated rings. The van der Waals surface area contributed by atoms with Crippen LogP contribution in [0.25, 0.3) is 0 Å². The van der Waals surface area contributed by atoms with Gasteiger partial charge in [-0.15, -0.1) is 11.3 Å². The predicted molar refractivity (Wildman–Crippen MR) is 79.1 cm³/mol. The van der Waals surface area contributed by atoms with Gasteiger partial charge in [-0.25, -0.2) is 0 Å². The van der Waals surface area contributed by atoms with Crippen molar-refractivity contribution in [3.63, 3.8) is 0 Å². The second-order valence-electron chi connectivity index (χ2n) is 5.05. The third-order valence-corrected chi connectivity index (χ3v) is 4.35. The van der Waals surface area contributed by atoms with Crippen LogP contribution in [0.4, 0.5) is 0 Å². The van der Waals surface area contributed by atoms with Gasteiger partial charge in [0.1, 0.15) is 0 Å². The van der Waals surface area contributed by atoms with Crippen LogP contribution < -0.4 is 5.32 Å². The fraction of sp³-hybridized carbons (Fsp3) is 0.400. The first-order valence-corrected chi connectivity index (χ1v) is 7.65. The maximum absolute atomic E-state index is 4.11. The van der Waals surface area contributed by atoms with Gasteiger partial charge in [-0.05, 0) is 12.0 Å². The van der Waals surface area contributed by atoms with Gasteiger partial charge in [0, 0.05) is 43.3 Å². The first kappa shape index (κ1) is 12.8. The molecule has 1 aliphatic rings. The van der Waals surface area contributed by atoms with Gasteiger partial charge in [0.25, 0.3) is 0 Å². The standard InChI is InChI=1S/C15H19N3S/c1-2-4-13(5-3-1)10-18-7-6-14(11-18)17-9-15-8-16-12-19-15/h1-5,8,12,14,17H,6-7,9-11H2. The minimum absolute atomic E-state index is 0.616. The van der Waals surface area contributed by atoms with Gasteiger partial charge in [-0.2, -0.15) is 0 Å². The Kier molecular flexibility index (Phi) is 4.23. The Hall–Kier alpha value is -1.23. The summed E-state index contributed by atoms with van der Waals surface area (Å²) in [7, 11) is 0. The Balaban J connectivity index is 1.45. The molecular weight excluding hydrogens is 254 g/mol. The molecule has 2 aromatic rings. The summed E-state index contributed by atoms with van der Waals surface area (Å²) in [5.74, 6) is 0. The fourth-order valence-electron chi connectivity index (χ4n) is 2.56. The molecule has 4 heteroatoms. The Morgan fingerprint density at radius 3 is 3.00 bits per heavy atom. The topological polar surface area (TPSA) is 28.2 Å². The van der Waals surface area contributed by atoms with Crippen molar-refractivity contribution in [1.82, 2.24) is 15.2 Å². The zero-order chi connectivity index (χ0) is 12.9. The molecule has 0 radical (unpaired) electrons. The average Bonchev–Trinajstić information content (AvgIpc) is 3.09. The Labute approximate surface area is 118 Å². The zero-order valence-electron chi connectivity index (χ0n) is 11.0. The van der Waals surface area contributed by atoms with E-state index in [2.05, 4.69) is 45.5 Å². The fourth-order valence-corrected chi connectivity index (χ4v) is 3.10. The van der Waals surface area contributed by atoms with Crippen LogP contribution in [0.15, 0.2) is 42.0 Å². The summed E-state index contributed by atoms with van der Waals surface area (Å²) in [4.78, 5) is 7.95. The lowest BCUT2D eigenvalue weighted by molar-refractivity contribution is 0.320. The number of likely N-dealkylation sites (tertiary alicyclic amines) is 1. The van der Waals surface area contributed by atoms with E-state index in [4.69, 9.17) is 0 Å². The molecule has 0 spiro atoms. The Morgan fingerprint density at radius 1 is 1.32 bits per heavy atom. The van der Waals surface area contributed by atoms with E-state index in [-0.39, 0.29) is 0 Å². The van der Waals surface area contributed by atoms with Gasteiger partial charge in [0.05, 0.1) is 5.51 Å². The molecule has 3 nitrogen and oxygen atoms in total.